The minimum Gasteiger partial charge on any atom is -0.480 e. The molecule has 3 aromatic carbocycles. The number of carboxylic acids is 1. The summed E-state index contributed by atoms with van der Waals surface area (Å²) in [6.07, 6.45) is 3.73. The third-order valence-corrected chi connectivity index (χ3v) is 23.2. The Morgan fingerprint density at radius 1 is 0.362 bits per heavy atom. The number of unbranched alkanes of at least 4 members (excludes halogenated alkanes) is 2. The molecule has 0 radical (unpaired) electrons. The second-order valence-electron chi connectivity index (χ2n) is 34.1. The van der Waals surface area contributed by atoms with Crippen LogP contribution in [0.1, 0.15) is 189 Å². The van der Waals surface area contributed by atoms with E-state index in [1.54, 1.807) is 139 Å². The molecule has 3 aromatic rings. The van der Waals surface area contributed by atoms with Crippen LogP contribution >= 0.6 is 0 Å². The highest BCUT2D eigenvalue weighted by Crippen LogP contribution is 2.25. The Labute approximate surface area is 744 Å². The second-order valence-corrected chi connectivity index (χ2v) is 34.1. The maximum Gasteiger partial charge on any atom is 0.326 e. The summed E-state index contributed by atoms with van der Waals surface area (Å²) in [6, 6.07) is 6.28. The van der Waals surface area contributed by atoms with Crippen LogP contribution < -0.4 is 86.3 Å². The molecule has 0 aromatic heterocycles. The maximum atomic E-state index is 15.0. The van der Waals surface area contributed by atoms with Crippen molar-refractivity contribution in [2.24, 2.45) is 46.8 Å². The first-order chi connectivity index (χ1) is 60.5. The summed E-state index contributed by atoms with van der Waals surface area (Å²) >= 11 is 0. The molecule has 704 valence electrons. The Morgan fingerprint density at radius 3 is 1.12 bits per heavy atom. The lowest BCUT2D eigenvalue weighted by atomic mass is 9.94. The van der Waals surface area contributed by atoms with Crippen molar-refractivity contribution in [3.63, 3.8) is 0 Å². The monoisotopic (exact) mass is 1780 g/mol. The van der Waals surface area contributed by atoms with Crippen LogP contribution in [0.2, 0.25) is 0 Å². The number of carbonyl (C=O) groups is 16. The molecule has 5 rings (SSSR count). The van der Waals surface area contributed by atoms with Crippen molar-refractivity contribution in [3.05, 3.63) is 108 Å². The first-order valence-electron chi connectivity index (χ1n) is 44.7. The number of carboxylic acid groups (broad SMARTS) is 1. The second kappa shape index (κ2) is 54.9. The topological polar surface area (TPSA) is 575 Å². The van der Waals surface area contributed by atoms with Gasteiger partial charge in [-0.3, -0.25) is 71.9 Å². The summed E-state index contributed by atoms with van der Waals surface area (Å²) in [5.41, 5.74) is 19.2. The van der Waals surface area contributed by atoms with Crippen molar-refractivity contribution in [1.29, 1.82) is 0 Å². The van der Waals surface area contributed by atoms with E-state index < -0.39 is 223 Å². The van der Waals surface area contributed by atoms with Gasteiger partial charge in [0.2, 0.25) is 88.6 Å². The Bertz CT molecular complexity index is 4090. The molecule has 37 nitrogen and oxygen atoms in total. The molecule has 0 spiro atoms. The predicted molar refractivity (Wildman–Crippen MR) is 475 cm³/mol. The average molecular weight is 1780 g/mol. The summed E-state index contributed by atoms with van der Waals surface area (Å²) in [5, 5.41) is 66.2. The Hall–Kier alpha value is -11.0. The van der Waals surface area contributed by atoms with Crippen molar-refractivity contribution in [1.82, 2.24) is 78.9 Å². The average Bonchev–Trinajstić information content (AvgIpc) is 1.73. The number of benzene rings is 3. The van der Waals surface area contributed by atoms with Crippen LogP contribution in [0.15, 0.2) is 91.0 Å². The van der Waals surface area contributed by atoms with Crippen molar-refractivity contribution in [2.75, 3.05) is 45.9 Å². The minimum absolute atomic E-state index is 0.0158. The van der Waals surface area contributed by atoms with E-state index in [2.05, 4.69) is 69.1 Å². The van der Waals surface area contributed by atoms with Crippen molar-refractivity contribution >= 4 is 94.6 Å². The summed E-state index contributed by atoms with van der Waals surface area (Å²) in [6.45, 7) is 17.1. The van der Waals surface area contributed by atoms with Gasteiger partial charge in [-0.2, -0.15) is 0 Å². The number of nitrogens with two attached hydrogens (primary N) is 3. The number of nitrogens with zero attached hydrogens (tertiary/aromatic N) is 2. The van der Waals surface area contributed by atoms with Crippen molar-refractivity contribution < 1.29 is 92.0 Å². The van der Waals surface area contributed by atoms with Crippen LogP contribution in [0.5, 0.6) is 0 Å². The summed E-state index contributed by atoms with van der Waals surface area (Å²) in [7, 11) is 0. The third-order valence-electron chi connectivity index (χ3n) is 23.2. The van der Waals surface area contributed by atoms with Gasteiger partial charge in [-0.15, -0.1) is 0 Å². The predicted octanol–water partition coefficient (Wildman–Crippen LogP) is -0.465. The third kappa shape index (κ3) is 34.3. The number of carbonyl (C=O) groups excluding carboxylic acids is 15. The molecule has 2 heterocycles. The van der Waals surface area contributed by atoms with Crippen LogP contribution in [0.4, 0.5) is 0 Å². The number of aliphatic hydroxyl groups is 2. The summed E-state index contributed by atoms with van der Waals surface area (Å²) in [4.78, 5) is 229. The van der Waals surface area contributed by atoms with Gasteiger partial charge in [0.25, 0.3) is 0 Å². The summed E-state index contributed by atoms with van der Waals surface area (Å²) < 4.78 is 0. The minimum atomic E-state index is -1.80. The highest BCUT2D eigenvalue weighted by molar-refractivity contribution is 6.01. The zero-order chi connectivity index (χ0) is 94.1. The number of aliphatic hydroxyl groups excluding tert-OH is 2. The molecule has 127 heavy (non-hydrogen) atoms. The van der Waals surface area contributed by atoms with Crippen LogP contribution in [0, 0.1) is 29.6 Å². The molecule has 2 aliphatic rings. The first-order valence-corrected chi connectivity index (χ1v) is 44.7. The van der Waals surface area contributed by atoms with Gasteiger partial charge in [0.15, 0.2) is 0 Å². The van der Waals surface area contributed by atoms with E-state index in [1.165, 1.54) is 11.8 Å². The van der Waals surface area contributed by atoms with Gasteiger partial charge in [0.1, 0.15) is 90.6 Å². The molecule has 0 aliphatic carbocycles. The van der Waals surface area contributed by atoms with Crippen molar-refractivity contribution in [3.8, 4) is 0 Å². The van der Waals surface area contributed by atoms with Crippen LogP contribution in [0.3, 0.4) is 0 Å². The number of amides is 15. The van der Waals surface area contributed by atoms with E-state index in [4.69, 9.17) is 17.2 Å². The fourth-order valence-corrected chi connectivity index (χ4v) is 15.1. The Kier molecular flexibility index (Phi) is 46.0. The van der Waals surface area contributed by atoms with Gasteiger partial charge < -0.3 is 111 Å². The van der Waals surface area contributed by atoms with Gasteiger partial charge in [0, 0.05) is 32.4 Å². The molecule has 2 saturated heterocycles. The van der Waals surface area contributed by atoms with Crippen LogP contribution in [-0.2, 0) is 96.0 Å². The van der Waals surface area contributed by atoms with Gasteiger partial charge in [-0.25, -0.2) is 4.79 Å². The van der Waals surface area contributed by atoms with Crippen LogP contribution in [-0.4, -0.2) is 256 Å². The largest absolute Gasteiger partial charge is 0.480 e. The van der Waals surface area contributed by atoms with Crippen LogP contribution in [0.25, 0.3) is 0 Å². The van der Waals surface area contributed by atoms with E-state index >= 15 is 4.79 Å². The Balaban J connectivity index is 1.27. The zero-order valence-electron chi connectivity index (χ0n) is 75.4. The van der Waals surface area contributed by atoms with E-state index in [1.807, 2.05) is 20.8 Å². The van der Waals surface area contributed by atoms with Gasteiger partial charge >= 0.3 is 5.97 Å². The lowest BCUT2D eigenvalue weighted by Crippen LogP contribution is -2.63. The molecule has 0 bridgehead atoms. The number of hydrogen-bond donors (Lipinski definition) is 19. The molecular formula is C90H140N18O19. The SMILES string of the molecule is CC[C@H](C)[C@H](NC(=O)[C@H](CCCCN)NC(=O)[C@@H]1CCCN1C(=O)[C@@H](NC(=O)[C@H](CC(C)C)NC(=O)[C@H](C)NC(=O)[C@H](Cc1ccccc1)NC(=O)[C@H](Cc1ccccc1)NC(=O)CN)[C@@H](C)CC)C(=O)N[C@H](C(=O)N[C@@H](CO)C(=O)N[C@@H](CO)C(=O)N1CCC[C@H]1C(=O)N[C@@H](CC(C)C)C(=O)N[C@@H](Cc1ccccc1)C(=O)N[C@@H](CCCCN)C(=O)O)[C@@H](C)CC. The standard InChI is InChI=1S/C90H140N18O19/c1-12-54(8)73(86(122)102-68(50-109)83(119)103-69(51-110)88(124)107-42-28-38-70(107)85(121)101-63(44-52(4)5)79(115)100-67(48-60-34-22-17-23-35-60)81(117)97-62(90(126)127)37-25-27-41-92)105-87(123)74(55(9)13-2)104-77(113)61(36-24-26-40-91)96-84(120)71-39-29-43-108(71)89(125)75(56(10)14-3)106-82(118)64(45-53(6)7)98-76(112)57(11)94-78(114)66(47-59-32-20-16-21-33-59)99-80(116)65(95-72(111)49-93)46-58-30-18-15-19-31-58/h15-23,30-35,52-57,61-71,73-75,109-110H,12-14,24-29,36-51,91-93H2,1-11H3,(H,94,114)(H,95,111)(H,96,120)(H,97,117)(H,98,112)(H,99,116)(H,100,115)(H,101,121)(H,102,122)(H,103,119)(H,104,113)(H,105,123)(H,106,118)(H,126,127)/t54-,55-,56-,57-,61-,62-,63-,64-,65-,66-,67-,68-,69-,70-,71-,73-,74-,75-/m0/s1. The summed E-state index contributed by atoms with van der Waals surface area (Å²) in [5.74, 6) is -15.4. The molecule has 0 unspecified atom stereocenters. The molecule has 2 fully saturated rings. The fourth-order valence-electron chi connectivity index (χ4n) is 15.1. The van der Waals surface area contributed by atoms with Gasteiger partial charge in [-0.05, 0) is 143 Å². The maximum absolute atomic E-state index is 15.0. The smallest absolute Gasteiger partial charge is 0.326 e. The van der Waals surface area contributed by atoms with E-state index in [0.717, 1.165) is 10.5 Å². The number of rotatable bonds is 55. The fraction of sp³-hybridized carbons (Fsp3) is 0.622. The van der Waals surface area contributed by atoms with Gasteiger partial charge in [-0.1, -0.05) is 179 Å². The number of hydrogen-bond acceptors (Lipinski definition) is 21. The van der Waals surface area contributed by atoms with E-state index in [0.29, 0.717) is 62.6 Å². The molecule has 0 saturated carbocycles. The zero-order valence-corrected chi connectivity index (χ0v) is 75.4. The number of nitrogens with one attached hydrogen (secondary N) is 13. The first kappa shape index (κ1) is 107. The van der Waals surface area contributed by atoms with E-state index in [-0.39, 0.29) is 102 Å². The highest BCUT2D eigenvalue weighted by Gasteiger charge is 2.45. The molecule has 37 heteroatoms. The number of aliphatic carboxylic acids is 1. The van der Waals surface area contributed by atoms with Gasteiger partial charge in [0.05, 0.1) is 19.8 Å². The number of likely N-dealkylation sites (tertiary alicyclic amines) is 2. The lowest BCUT2D eigenvalue weighted by molar-refractivity contribution is -0.144. The van der Waals surface area contributed by atoms with E-state index in [9.17, 15) is 87.2 Å². The molecular weight excluding hydrogens is 1640 g/mol. The molecule has 18 atom stereocenters. The lowest BCUT2D eigenvalue weighted by Gasteiger charge is -2.33. The highest BCUT2D eigenvalue weighted by atomic mass is 16.4. The molecule has 2 aliphatic heterocycles. The molecule has 15 amide bonds. The quantitative estimate of drug-likeness (QED) is 0.0318. The normalized spacial score (nSPS) is 17.5. The molecule has 22 N–H and O–H groups in total. The Morgan fingerprint density at radius 2 is 0.693 bits per heavy atom. The van der Waals surface area contributed by atoms with Crippen molar-refractivity contribution in [2.45, 2.75) is 282 Å².